The molecule has 0 saturated heterocycles. The van der Waals surface area contributed by atoms with Crippen molar-refractivity contribution in [2.24, 2.45) is 0 Å². The molecule has 1 aromatic carbocycles. The lowest BCUT2D eigenvalue weighted by Gasteiger charge is -2.21. The highest BCUT2D eigenvalue weighted by atomic mass is 16.6. The van der Waals surface area contributed by atoms with E-state index in [-0.39, 0.29) is 5.78 Å². The fraction of sp³-hybridized carbons (Fsp3) is 0.385. The van der Waals surface area contributed by atoms with Crippen molar-refractivity contribution >= 4 is 17.6 Å². The van der Waals surface area contributed by atoms with Crippen LogP contribution in [0.15, 0.2) is 18.2 Å². The van der Waals surface area contributed by atoms with Gasteiger partial charge in [-0.05, 0) is 38.5 Å². The molecule has 1 aromatic rings. The quantitative estimate of drug-likeness (QED) is 0.811. The average Bonchev–Trinajstić information content (AvgIpc) is 2.16. The second-order valence-corrected chi connectivity index (χ2v) is 5.10. The van der Waals surface area contributed by atoms with Crippen LogP contribution in [0.3, 0.4) is 0 Å². The average molecular weight is 233 g/mol. The number of ketones is 1. The molecule has 90 valence electrons. The van der Waals surface area contributed by atoms with Gasteiger partial charge in [-0.15, -0.1) is 0 Å². The van der Waals surface area contributed by atoms with Crippen molar-refractivity contribution in [3.63, 3.8) is 0 Å². The minimum atomic E-state index is -0.528. The number of anilines is 1. The minimum Gasteiger partial charge on any atom is -0.444 e. The zero-order valence-electron chi connectivity index (χ0n) is 10.2. The highest BCUT2D eigenvalue weighted by Gasteiger charge is 2.23. The van der Waals surface area contributed by atoms with Gasteiger partial charge in [0.05, 0.1) is 0 Å². The number of fused-ring (bicyclic) bond motifs is 1. The van der Waals surface area contributed by atoms with Crippen molar-refractivity contribution in [2.75, 3.05) is 5.32 Å². The van der Waals surface area contributed by atoms with Gasteiger partial charge in [-0.25, -0.2) is 4.79 Å². The van der Waals surface area contributed by atoms with E-state index in [4.69, 9.17) is 4.74 Å². The molecule has 17 heavy (non-hydrogen) atoms. The van der Waals surface area contributed by atoms with E-state index in [9.17, 15) is 9.59 Å². The zero-order chi connectivity index (χ0) is 12.6. The van der Waals surface area contributed by atoms with Gasteiger partial charge in [0.15, 0.2) is 5.78 Å². The van der Waals surface area contributed by atoms with E-state index in [0.717, 1.165) is 5.56 Å². The summed E-state index contributed by atoms with van der Waals surface area (Å²) in [6.07, 6.45) is -0.00794. The summed E-state index contributed by atoms with van der Waals surface area (Å²) >= 11 is 0. The van der Waals surface area contributed by atoms with E-state index in [1.165, 1.54) is 0 Å². The van der Waals surface area contributed by atoms with Gasteiger partial charge < -0.3 is 4.74 Å². The summed E-state index contributed by atoms with van der Waals surface area (Å²) in [5.74, 6) is 0.118. The summed E-state index contributed by atoms with van der Waals surface area (Å²) in [6, 6.07) is 5.31. The van der Waals surface area contributed by atoms with Crippen LogP contribution in [-0.4, -0.2) is 17.5 Å². The van der Waals surface area contributed by atoms with Gasteiger partial charge in [0.1, 0.15) is 5.60 Å². The van der Waals surface area contributed by atoms with Gasteiger partial charge in [-0.1, -0.05) is 6.07 Å². The molecule has 0 aliphatic heterocycles. The van der Waals surface area contributed by atoms with Crippen LogP contribution in [0, 0.1) is 0 Å². The van der Waals surface area contributed by atoms with Crippen LogP contribution in [0.25, 0.3) is 0 Å². The third-order valence-electron chi connectivity index (χ3n) is 2.41. The van der Waals surface area contributed by atoms with E-state index >= 15 is 0 Å². The topological polar surface area (TPSA) is 55.4 Å². The maximum absolute atomic E-state index is 11.5. The van der Waals surface area contributed by atoms with Gasteiger partial charge in [0, 0.05) is 17.7 Å². The van der Waals surface area contributed by atoms with Gasteiger partial charge in [0.25, 0.3) is 0 Å². The van der Waals surface area contributed by atoms with Gasteiger partial charge >= 0.3 is 6.09 Å². The summed E-state index contributed by atoms with van der Waals surface area (Å²) in [7, 11) is 0. The van der Waals surface area contributed by atoms with Crippen molar-refractivity contribution in [2.45, 2.75) is 32.8 Å². The number of hydrogen-bond donors (Lipinski definition) is 1. The molecule has 1 amide bonds. The highest BCUT2D eigenvalue weighted by Crippen LogP contribution is 2.26. The highest BCUT2D eigenvalue weighted by molar-refractivity contribution is 6.07. The van der Waals surface area contributed by atoms with E-state index in [1.807, 2.05) is 6.07 Å². The number of rotatable bonds is 1. The Morgan fingerprint density at radius 1 is 1.35 bits per heavy atom. The molecule has 0 heterocycles. The number of amides is 1. The van der Waals surface area contributed by atoms with Gasteiger partial charge in [-0.3, -0.25) is 10.1 Å². The lowest BCUT2D eigenvalue weighted by molar-refractivity contribution is 0.0635. The van der Waals surface area contributed by atoms with E-state index in [0.29, 0.717) is 17.7 Å². The molecule has 1 aliphatic carbocycles. The van der Waals surface area contributed by atoms with Gasteiger partial charge in [-0.2, -0.15) is 0 Å². The number of hydrogen-bond acceptors (Lipinski definition) is 3. The molecular formula is C13H15NO3. The first-order valence-electron chi connectivity index (χ1n) is 5.51. The molecule has 0 aromatic heterocycles. The number of carbonyl (C=O) groups excluding carboxylic acids is 2. The van der Waals surface area contributed by atoms with E-state index in [1.54, 1.807) is 32.9 Å². The van der Waals surface area contributed by atoms with Crippen molar-refractivity contribution in [1.29, 1.82) is 0 Å². The zero-order valence-corrected chi connectivity index (χ0v) is 10.2. The largest absolute Gasteiger partial charge is 0.444 e. The second kappa shape index (κ2) is 3.87. The molecule has 0 spiro atoms. The molecule has 4 heteroatoms. The molecule has 4 nitrogen and oxygen atoms in total. The number of Topliss-reactive ketones (excluding diaryl/α,β-unsaturated/α-hetero) is 1. The summed E-state index contributed by atoms with van der Waals surface area (Å²) in [5, 5.41) is 2.61. The maximum atomic E-state index is 11.5. The lowest BCUT2D eigenvalue weighted by atomic mass is 9.87. The Morgan fingerprint density at radius 3 is 2.65 bits per heavy atom. The Hall–Kier alpha value is -1.84. The first-order chi connectivity index (χ1) is 7.85. The van der Waals surface area contributed by atoms with Crippen molar-refractivity contribution in [3.8, 4) is 0 Å². The first kappa shape index (κ1) is 11.6. The van der Waals surface area contributed by atoms with Crippen LogP contribution in [0.5, 0.6) is 0 Å². The lowest BCUT2D eigenvalue weighted by Crippen LogP contribution is -2.27. The van der Waals surface area contributed by atoms with Crippen LogP contribution >= 0.6 is 0 Å². The molecule has 1 N–H and O–H groups in total. The van der Waals surface area contributed by atoms with Crippen LogP contribution in [0.4, 0.5) is 10.5 Å². The van der Waals surface area contributed by atoms with Crippen LogP contribution < -0.4 is 5.32 Å². The van der Waals surface area contributed by atoms with Crippen molar-refractivity contribution in [1.82, 2.24) is 0 Å². The molecule has 0 radical (unpaired) electrons. The molecule has 0 saturated carbocycles. The Bertz CT molecular complexity index is 486. The number of nitrogens with one attached hydrogen (secondary N) is 1. The third-order valence-corrected chi connectivity index (χ3v) is 2.41. The second-order valence-electron chi connectivity index (χ2n) is 5.10. The summed E-state index contributed by atoms with van der Waals surface area (Å²) in [5.41, 5.74) is 1.79. The molecule has 2 rings (SSSR count). The van der Waals surface area contributed by atoms with Crippen molar-refractivity contribution in [3.05, 3.63) is 29.3 Å². The number of ether oxygens (including phenoxy) is 1. The van der Waals surface area contributed by atoms with Crippen molar-refractivity contribution < 1.29 is 14.3 Å². The van der Waals surface area contributed by atoms with Crippen LogP contribution in [0.2, 0.25) is 0 Å². The summed E-state index contributed by atoms with van der Waals surface area (Å²) in [6.45, 7) is 5.40. The summed E-state index contributed by atoms with van der Waals surface area (Å²) in [4.78, 5) is 22.8. The molecule has 0 atom stereocenters. The SMILES string of the molecule is CC(C)(C)OC(=O)Nc1ccc2c(c1)C(=O)C2. The third kappa shape index (κ3) is 2.64. The Balaban J connectivity index is 2.05. The summed E-state index contributed by atoms with van der Waals surface area (Å²) < 4.78 is 5.12. The molecular weight excluding hydrogens is 218 g/mol. The predicted octanol–water partition coefficient (Wildman–Crippen LogP) is 2.77. The predicted molar refractivity (Wildman–Crippen MR) is 64.3 cm³/mol. The Labute approximate surface area is 100.0 Å². The van der Waals surface area contributed by atoms with Crippen LogP contribution in [-0.2, 0) is 11.2 Å². The van der Waals surface area contributed by atoms with E-state index in [2.05, 4.69) is 5.32 Å². The maximum Gasteiger partial charge on any atom is 0.412 e. The standard InChI is InChI=1S/C13H15NO3/c1-13(2,3)17-12(16)14-9-5-4-8-6-11(15)10(8)7-9/h4-5,7H,6H2,1-3H3,(H,14,16). The Morgan fingerprint density at radius 2 is 2.06 bits per heavy atom. The van der Waals surface area contributed by atoms with E-state index < -0.39 is 11.7 Å². The molecule has 0 fully saturated rings. The molecule has 1 aliphatic rings. The normalized spacial score (nSPS) is 13.7. The Kier molecular flexibility index (Phi) is 2.65. The first-order valence-corrected chi connectivity index (χ1v) is 5.51. The number of benzene rings is 1. The molecule has 0 unspecified atom stereocenters. The fourth-order valence-corrected chi connectivity index (χ4v) is 1.65. The molecule has 0 bridgehead atoms. The fourth-order valence-electron chi connectivity index (χ4n) is 1.65. The monoisotopic (exact) mass is 233 g/mol. The van der Waals surface area contributed by atoms with Gasteiger partial charge in [0.2, 0.25) is 0 Å². The van der Waals surface area contributed by atoms with Crippen LogP contribution in [0.1, 0.15) is 36.7 Å². The minimum absolute atomic E-state index is 0.118. The smallest absolute Gasteiger partial charge is 0.412 e. The number of carbonyl (C=O) groups is 2.